The molecule has 0 nitrogen and oxygen atoms in total. The highest BCUT2D eigenvalue weighted by atomic mass is 14.5. The molecule has 0 heterocycles. The molecule has 3 rings (SSSR count). The van der Waals surface area contributed by atoms with Crippen LogP contribution in [0.4, 0.5) is 0 Å². The SMILES string of the molecule is CCCCC(CC)CC1(CC(CC)CCCC)c2ccccc2-c2ccccc21. The zero-order valence-corrected chi connectivity index (χ0v) is 19.3. The van der Waals surface area contributed by atoms with Crippen molar-refractivity contribution in [3.05, 3.63) is 59.7 Å². The van der Waals surface area contributed by atoms with E-state index in [-0.39, 0.29) is 5.41 Å². The third-order valence-electron chi connectivity index (χ3n) is 7.54. The van der Waals surface area contributed by atoms with Crippen molar-refractivity contribution in [1.29, 1.82) is 0 Å². The molecule has 0 amide bonds. The fourth-order valence-corrected chi connectivity index (χ4v) is 5.81. The van der Waals surface area contributed by atoms with Crippen LogP contribution >= 0.6 is 0 Å². The van der Waals surface area contributed by atoms with Gasteiger partial charge in [-0.25, -0.2) is 0 Å². The predicted molar refractivity (Wildman–Crippen MR) is 129 cm³/mol. The molecule has 158 valence electrons. The lowest BCUT2D eigenvalue weighted by molar-refractivity contribution is 0.266. The summed E-state index contributed by atoms with van der Waals surface area (Å²) in [6.45, 7) is 9.49. The summed E-state index contributed by atoms with van der Waals surface area (Å²) in [5.41, 5.74) is 6.44. The second-order valence-electron chi connectivity index (χ2n) is 9.41. The minimum atomic E-state index is 0.204. The monoisotopic (exact) mass is 390 g/mol. The van der Waals surface area contributed by atoms with E-state index >= 15 is 0 Å². The first-order valence-corrected chi connectivity index (χ1v) is 12.4. The summed E-state index contributed by atoms with van der Waals surface area (Å²) in [7, 11) is 0. The van der Waals surface area contributed by atoms with Gasteiger partial charge in [0.1, 0.15) is 0 Å². The molecule has 0 radical (unpaired) electrons. The summed E-state index contributed by atoms with van der Waals surface area (Å²) in [4.78, 5) is 0. The van der Waals surface area contributed by atoms with Crippen molar-refractivity contribution in [3.63, 3.8) is 0 Å². The highest BCUT2D eigenvalue weighted by molar-refractivity contribution is 5.81. The number of fused-ring (bicyclic) bond motifs is 3. The highest BCUT2D eigenvalue weighted by Gasteiger charge is 2.44. The zero-order valence-electron chi connectivity index (χ0n) is 19.3. The van der Waals surface area contributed by atoms with Gasteiger partial charge in [0.05, 0.1) is 0 Å². The maximum atomic E-state index is 2.45. The Morgan fingerprint density at radius 2 is 1.03 bits per heavy atom. The van der Waals surface area contributed by atoms with E-state index in [1.807, 2.05) is 0 Å². The van der Waals surface area contributed by atoms with E-state index in [0.29, 0.717) is 0 Å². The lowest BCUT2D eigenvalue weighted by Gasteiger charge is -2.38. The van der Waals surface area contributed by atoms with Gasteiger partial charge in [0.2, 0.25) is 0 Å². The number of hydrogen-bond acceptors (Lipinski definition) is 0. The number of hydrogen-bond donors (Lipinski definition) is 0. The van der Waals surface area contributed by atoms with Crippen LogP contribution in [0.3, 0.4) is 0 Å². The molecule has 0 bridgehead atoms. The Labute approximate surface area is 180 Å². The van der Waals surface area contributed by atoms with Gasteiger partial charge in [0.25, 0.3) is 0 Å². The van der Waals surface area contributed by atoms with Crippen LogP contribution in [0, 0.1) is 11.8 Å². The molecule has 2 aromatic rings. The van der Waals surface area contributed by atoms with Crippen molar-refractivity contribution < 1.29 is 0 Å². The summed E-state index contributed by atoms with van der Waals surface area (Å²) in [5, 5.41) is 0. The lowest BCUT2D eigenvalue weighted by atomic mass is 9.65. The summed E-state index contributed by atoms with van der Waals surface area (Å²) in [6, 6.07) is 18.7. The Morgan fingerprint density at radius 1 is 0.621 bits per heavy atom. The first kappa shape index (κ1) is 22.1. The van der Waals surface area contributed by atoms with E-state index < -0.39 is 0 Å². The molecule has 1 aliphatic carbocycles. The molecule has 2 atom stereocenters. The number of benzene rings is 2. The van der Waals surface area contributed by atoms with Crippen molar-refractivity contribution in [2.45, 2.75) is 97.3 Å². The normalized spacial score (nSPS) is 16.3. The molecule has 0 saturated heterocycles. The maximum Gasteiger partial charge on any atom is 0.0220 e. The predicted octanol–water partition coefficient (Wildman–Crippen LogP) is 9.17. The molecule has 0 fully saturated rings. The molecule has 1 aliphatic rings. The third kappa shape index (κ3) is 4.62. The fourth-order valence-electron chi connectivity index (χ4n) is 5.81. The smallest absolute Gasteiger partial charge is 0.0220 e. The van der Waals surface area contributed by atoms with Gasteiger partial charge in [-0.15, -0.1) is 0 Å². The minimum absolute atomic E-state index is 0.204. The maximum absolute atomic E-state index is 2.45. The molecule has 29 heavy (non-hydrogen) atoms. The molecular formula is C29H42. The first-order valence-electron chi connectivity index (χ1n) is 12.4. The molecule has 2 unspecified atom stereocenters. The molecule has 0 heteroatoms. The van der Waals surface area contributed by atoms with Crippen LogP contribution in [0.25, 0.3) is 11.1 Å². The van der Waals surface area contributed by atoms with Gasteiger partial charge >= 0.3 is 0 Å². The second-order valence-corrected chi connectivity index (χ2v) is 9.41. The number of unbranched alkanes of at least 4 members (excludes halogenated alkanes) is 2. The van der Waals surface area contributed by atoms with E-state index in [1.165, 1.54) is 75.3 Å². The van der Waals surface area contributed by atoms with Crippen molar-refractivity contribution in [2.24, 2.45) is 11.8 Å². The van der Waals surface area contributed by atoms with Crippen molar-refractivity contribution in [3.8, 4) is 11.1 Å². The van der Waals surface area contributed by atoms with Crippen LogP contribution in [0.5, 0.6) is 0 Å². The van der Waals surface area contributed by atoms with Gasteiger partial charge in [-0.1, -0.05) is 128 Å². The average molecular weight is 391 g/mol. The summed E-state index contributed by atoms with van der Waals surface area (Å²) < 4.78 is 0. The molecule has 2 aromatic carbocycles. The van der Waals surface area contributed by atoms with E-state index in [4.69, 9.17) is 0 Å². The molecule has 0 spiro atoms. The molecule has 0 aromatic heterocycles. The Bertz CT molecular complexity index is 691. The lowest BCUT2D eigenvalue weighted by Crippen LogP contribution is -2.31. The van der Waals surface area contributed by atoms with Gasteiger partial charge < -0.3 is 0 Å². The Hall–Kier alpha value is -1.56. The average Bonchev–Trinajstić information content (AvgIpc) is 3.04. The quantitative estimate of drug-likeness (QED) is 0.339. The molecule has 0 aliphatic heterocycles. The standard InChI is InChI=1S/C29H42/c1-5-9-15-23(7-3)21-29(22-24(8-4)16-10-6-2)27-19-13-11-17-25(27)26-18-12-14-20-28(26)29/h11-14,17-20,23-24H,5-10,15-16,21-22H2,1-4H3. The minimum Gasteiger partial charge on any atom is -0.0654 e. The van der Waals surface area contributed by atoms with Crippen molar-refractivity contribution in [2.75, 3.05) is 0 Å². The topological polar surface area (TPSA) is 0 Å². The van der Waals surface area contributed by atoms with Crippen LogP contribution in [-0.2, 0) is 5.41 Å². The first-order chi connectivity index (χ1) is 14.2. The molecular weight excluding hydrogens is 348 g/mol. The van der Waals surface area contributed by atoms with Gasteiger partial charge in [0, 0.05) is 5.41 Å². The number of rotatable bonds is 12. The van der Waals surface area contributed by atoms with Crippen LogP contribution in [0.1, 0.15) is 103 Å². The summed E-state index contributed by atoms with van der Waals surface area (Å²) in [5.74, 6) is 1.63. The van der Waals surface area contributed by atoms with Crippen molar-refractivity contribution in [1.82, 2.24) is 0 Å². The van der Waals surface area contributed by atoms with Gasteiger partial charge in [-0.2, -0.15) is 0 Å². The third-order valence-corrected chi connectivity index (χ3v) is 7.54. The van der Waals surface area contributed by atoms with Gasteiger partial charge in [-0.05, 0) is 46.9 Å². The highest BCUT2D eigenvalue weighted by Crippen LogP contribution is 2.56. The van der Waals surface area contributed by atoms with Crippen LogP contribution < -0.4 is 0 Å². The largest absolute Gasteiger partial charge is 0.0654 e. The molecule has 0 N–H and O–H groups in total. The zero-order chi connectivity index (χ0) is 20.7. The summed E-state index contributed by atoms with van der Waals surface area (Å²) >= 11 is 0. The Balaban J connectivity index is 2.07. The van der Waals surface area contributed by atoms with E-state index in [1.54, 1.807) is 11.1 Å². The van der Waals surface area contributed by atoms with Crippen molar-refractivity contribution >= 4 is 0 Å². The van der Waals surface area contributed by atoms with Gasteiger partial charge in [-0.3, -0.25) is 0 Å². The van der Waals surface area contributed by atoms with Crippen LogP contribution in [0.2, 0.25) is 0 Å². The molecule has 0 saturated carbocycles. The van der Waals surface area contributed by atoms with E-state index in [2.05, 4.69) is 76.2 Å². The van der Waals surface area contributed by atoms with E-state index in [9.17, 15) is 0 Å². The summed E-state index contributed by atoms with van der Waals surface area (Å²) in [6.07, 6.45) is 13.4. The van der Waals surface area contributed by atoms with E-state index in [0.717, 1.165) is 11.8 Å². The Morgan fingerprint density at radius 3 is 1.41 bits per heavy atom. The fraction of sp³-hybridized carbons (Fsp3) is 0.586. The Kier molecular flexibility index (Phi) is 7.99. The van der Waals surface area contributed by atoms with Crippen LogP contribution in [0.15, 0.2) is 48.5 Å². The second kappa shape index (κ2) is 10.5. The van der Waals surface area contributed by atoms with Crippen LogP contribution in [-0.4, -0.2) is 0 Å². The van der Waals surface area contributed by atoms with Gasteiger partial charge in [0.15, 0.2) is 0 Å².